The second kappa shape index (κ2) is 6.49. The van der Waals surface area contributed by atoms with Gasteiger partial charge in [0.2, 0.25) is 0 Å². The van der Waals surface area contributed by atoms with Crippen LogP contribution < -0.4 is 5.63 Å². The van der Waals surface area contributed by atoms with Crippen LogP contribution in [0.2, 0.25) is 5.02 Å². The molecule has 0 aliphatic rings. The van der Waals surface area contributed by atoms with Crippen molar-refractivity contribution in [1.82, 2.24) is 0 Å². The molecule has 0 aliphatic heterocycles. The summed E-state index contributed by atoms with van der Waals surface area (Å²) >= 11 is 5.98. The van der Waals surface area contributed by atoms with E-state index in [9.17, 15) is 14.7 Å². The van der Waals surface area contributed by atoms with E-state index in [0.29, 0.717) is 10.4 Å². The Kier molecular flexibility index (Phi) is 4.40. The molecular weight excluding hydrogens is 328 g/mol. The van der Waals surface area contributed by atoms with Gasteiger partial charge in [0.25, 0.3) is 0 Å². The van der Waals surface area contributed by atoms with Gasteiger partial charge >= 0.3 is 5.63 Å². The normalized spacial score (nSPS) is 12.2. The molecule has 1 atom stereocenters. The van der Waals surface area contributed by atoms with Crippen molar-refractivity contribution < 1.29 is 14.3 Å². The van der Waals surface area contributed by atoms with Crippen LogP contribution in [0.5, 0.6) is 5.75 Å². The molecule has 1 N–H and O–H groups in total. The highest BCUT2D eigenvalue weighted by Crippen LogP contribution is 2.36. The topological polar surface area (TPSA) is 67.5 Å². The van der Waals surface area contributed by atoms with Gasteiger partial charge in [0.15, 0.2) is 0 Å². The smallest absolute Gasteiger partial charge is 0.343 e. The summed E-state index contributed by atoms with van der Waals surface area (Å²) in [6, 6.07) is 13.8. The number of aromatic hydroxyl groups is 1. The first-order chi connectivity index (χ1) is 11.5. The number of carbonyl (C=O) groups excluding carboxylic acids is 1. The van der Waals surface area contributed by atoms with Crippen LogP contribution in [0.15, 0.2) is 57.7 Å². The van der Waals surface area contributed by atoms with E-state index in [1.54, 1.807) is 6.07 Å². The predicted octanol–water partition coefficient (Wildman–Crippen LogP) is 4.26. The molecule has 3 rings (SSSR count). The van der Waals surface area contributed by atoms with Crippen LogP contribution >= 0.6 is 11.6 Å². The van der Waals surface area contributed by atoms with Gasteiger partial charge in [0.1, 0.15) is 17.1 Å². The van der Waals surface area contributed by atoms with Crippen LogP contribution in [-0.4, -0.2) is 10.9 Å². The number of hydrogen-bond donors (Lipinski definition) is 1. The zero-order chi connectivity index (χ0) is 17.3. The minimum atomic E-state index is -0.655. The van der Waals surface area contributed by atoms with Crippen molar-refractivity contribution in [2.75, 3.05) is 0 Å². The fourth-order valence-electron chi connectivity index (χ4n) is 2.84. The number of fused-ring (bicyclic) bond motifs is 1. The highest BCUT2D eigenvalue weighted by Gasteiger charge is 2.25. The molecule has 4 nitrogen and oxygen atoms in total. The van der Waals surface area contributed by atoms with Gasteiger partial charge in [0, 0.05) is 17.4 Å². The van der Waals surface area contributed by atoms with Crippen LogP contribution in [0.25, 0.3) is 11.0 Å². The first-order valence-corrected chi connectivity index (χ1v) is 7.84. The van der Waals surface area contributed by atoms with E-state index in [1.165, 1.54) is 19.1 Å². The van der Waals surface area contributed by atoms with Crippen molar-refractivity contribution in [3.05, 3.63) is 75.1 Å². The Balaban J connectivity index is 2.28. The summed E-state index contributed by atoms with van der Waals surface area (Å²) in [6.07, 6.45) is 0.0917. The van der Waals surface area contributed by atoms with E-state index in [2.05, 4.69) is 0 Å². The van der Waals surface area contributed by atoms with Crippen molar-refractivity contribution >= 4 is 28.4 Å². The highest BCUT2D eigenvalue weighted by molar-refractivity contribution is 6.31. The van der Waals surface area contributed by atoms with Gasteiger partial charge in [-0.05, 0) is 30.7 Å². The van der Waals surface area contributed by atoms with E-state index >= 15 is 0 Å². The number of rotatable bonds is 4. The molecule has 1 heterocycles. The standard InChI is InChI=1S/C19H15ClO4/c1-11(21)9-14(12-5-3-2-4-6-12)17-18(22)15-10-13(20)7-8-16(15)24-19(17)23/h2-8,10,14,22H,9H2,1H3/t14-/m1/s1. The minimum Gasteiger partial charge on any atom is -0.507 e. The number of benzene rings is 2. The lowest BCUT2D eigenvalue weighted by Crippen LogP contribution is -2.16. The molecule has 3 aromatic rings. The molecule has 0 bridgehead atoms. The molecule has 0 saturated carbocycles. The SMILES string of the molecule is CC(=O)C[C@H](c1ccccc1)c1c(O)c2cc(Cl)ccc2oc1=O. The Labute approximate surface area is 143 Å². The number of halogens is 1. The molecule has 0 amide bonds. The third-order valence-electron chi connectivity index (χ3n) is 3.92. The van der Waals surface area contributed by atoms with Gasteiger partial charge in [-0.1, -0.05) is 41.9 Å². The van der Waals surface area contributed by atoms with Gasteiger partial charge in [-0.25, -0.2) is 4.79 Å². The molecule has 0 unspecified atom stereocenters. The molecule has 2 aromatic carbocycles. The van der Waals surface area contributed by atoms with Crippen molar-refractivity contribution in [2.24, 2.45) is 0 Å². The zero-order valence-corrected chi connectivity index (χ0v) is 13.7. The molecule has 0 saturated heterocycles. The lowest BCUT2D eigenvalue weighted by atomic mass is 9.87. The molecule has 0 radical (unpaired) electrons. The van der Waals surface area contributed by atoms with Gasteiger partial charge in [0.05, 0.1) is 10.9 Å². The van der Waals surface area contributed by atoms with E-state index in [-0.39, 0.29) is 29.1 Å². The maximum Gasteiger partial charge on any atom is 0.343 e. The second-order valence-corrected chi connectivity index (χ2v) is 6.10. The zero-order valence-electron chi connectivity index (χ0n) is 13.0. The summed E-state index contributed by atoms with van der Waals surface area (Å²) in [5.74, 6) is -0.865. The summed E-state index contributed by atoms with van der Waals surface area (Å²) < 4.78 is 5.33. The summed E-state index contributed by atoms with van der Waals surface area (Å²) in [7, 11) is 0. The third-order valence-corrected chi connectivity index (χ3v) is 4.15. The third kappa shape index (κ3) is 3.05. The summed E-state index contributed by atoms with van der Waals surface area (Å²) in [6.45, 7) is 1.45. The maximum absolute atomic E-state index is 12.5. The largest absolute Gasteiger partial charge is 0.507 e. The van der Waals surface area contributed by atoms with Crippen LogP contribution in [0.3, 0.4) is 0 Å². The summed E-state index contributed by atoms with van der Waals surface area (Å²) in [4.78, 5) is 24.2. The van der Waals surface area contributed by atoms with Crippen molar-refractivity contribution in [1.29, 1.82) is 0 Å². The molecule has 0 spiro atoms. The van der Waals surface area contributed by atoms with Crippen molar-refractivity contribution in [3.8, 4) is 5.75 Å². The average Bonchev–Trinajstić information content (AvgIpc) is 2.55. The van der Waals surface area contributed by atoms with E-state index in [4.69, 9.17) is 16.0 Å². The van der Waals surface area contributed by atoms with Crippen LogP contribution in [0, 0.1) is 0 Å². The predicted molar refractivity (Wildman–Crippen MR) is 92.7 cm³/mol. The van der Waals surface area contributed by atoms with Crippen LogP contribution in [0.1, 0.15) is 30.4 Å². The summed E-state index contributed by atoms with van der Waals surface area (Å²) in [5.41, 5.74) is 0.431. The lowest BCUT2D eigenvalue weighted by Gasteiger charge is -2.17. The number of carbonyl (C=O) groups is 1. The lowest BCUT2D eigenvalue weighted by molar-refractivity contribution is -0.117. The minimum absolute atomic E-state index is 0.0752. The highest BCUT2D eigenvalue weighted by atomic mass is 35.5. The van der Waals surface area contributed by atoms with Crippen LogP contribution in [0.4, 0.5) is 0 Å². The Morgan fingerprint density at radius 3 is 2.58 bits per heavy atom. The number of hydrogen-bond acceptors (Lipinski definition) is 4. The van der Waals surface area contributed by atoms with Crippen LogP contribution in [-0.2, 0) is 4.79 Å². The van der Waals surface area contributed by atoms with Gasteiger partial charge in [-0.15, -0.1) is 0 Å². The molecule has 1 aromatic heterocycles. The fourth-order valence-corrected chi connectivity index (χ4v) is 3.01. The maximum atomic E-state index is 12.5. The molecule has 122 valence electrons. The number of ketones is 1. The van der Waals surface area contributed by atoms with Crippen molar-refractivity contribution in [3.63, 3.8) is 0 Å². The fraction of sp³-hybridized carbons (Fsp3) is 0.158. The second-order valence-electron chi connectivity index (χ2n) is 5.66. The first kappa shape index (κ1) is 16.3. The molecule has 5 heteroatoms. The molecule has 0 aliphatic carbocycles. The Morgan fingerprint density at radius 2 is 1.92 bits per heavy atom. The Morgan fingerprint density at radius 1 is 1.21 bits per heavy atom. The Bertz CT molecular complexity index is 960. The van der Waals surface area contributed by atoms with E-state index < -0.39 is 11.5 Å². The van der Waals surface area contributed by atoms with Gasteiger partial charge in [-0.3, -0.25) is 4.79 Å². The summed E-state index contributed by atoms with van der Waals surface area (Å²) in [5, 5.41) is 11.4. The van der Waals surface area contributed by atoms with E-state index in [1.807, 2.05) is 30.3 Å². The molecular formula is C19H15ClO4. The van der Waals surface area contributed by atoms with E-state index in [0.717, 1.165) is 5.56 Å². The quantitative estimate of drug-likeness (QED) is 0.719. The first-order valence-electron chi connectivity index (χ1n) is 7.47. The monoisotopic (exact) mass is 342 g/mol. The molecule has 0 fully saturated rings. The molecule has 24 heavy (non-hydrogen) atoms. The average molecular weight is 343 g/mol. The van der Waals surface area contributed by atoms with Gasteiger partial charge in [-0.2, -0.15) is 0 Å². The Hall–Kier alpha value is -2.59. The number of Topliss-reactive ketones (excluding diaryl/α,β-unsaturated/α-hetero) is 1. The van der Waals surface area contributed by atoms with Crippen molar-refractivity contribution in [2.45, 2.75) is 19.3 Å². The van der Waals surface area contributed by atoms with Gasteiger partial charge < -0.3 is 9.52 Å².